The number of hydrogen-bond donors (Lipinski definition) is 0. The Balaban J connectivity index is 2.13. The fourth-order valence-electron chi connectivity index (χ4n) is 3.56. The molecule has 1 aliphatic carbocycles. The maximum Gasteiger partial charge on any atom is 0.0717 e. The van der Waals surface area contributed by atoms with E-state index in [0.717, 1.165) is 6.42 Å². The summed E-state index contributed by atoms with van der Waals surface area (Å²) in [5, 5.41) is 0. The summed E-state index contributed by atoms with van der Waals surface area (Å²) in [5.74, 6) is 0.401. The highest BCUT2D eigenvalue weighted by atomic mass is 16.5. The molecule has 2 aromatic rings. The molecule has 0 aliphatic heterocycles. The molecule has 0 spiro atoms. The van der Waals surface area contributed by atoms with Crippen LogP contribution in [0.5, 0.6) is 0 Å². The van der Waals surface area contributed by atoms with Gasteiger partial charge in [0.1, 0.15) is 0 Å². The largest absolute Gasteiger partial charge is 0.380 e. The summed E-state index contributed by atoms with van der Waals surface area (Å²) >= 11 is 0. The number of ether oxygens (including phenoxy) is 1. The lowest BCUT2D eigenvalue weighted by Gasteiger charge is -2.29. The van der Waals surface area contributed by atoms with Gasteiger partial charge in [0.2, 0.25) is 0 Å². The Kier molecular flexibility index (Phi) is 3.35. The smallest absolute Gasteiger partial charge is 0.0717 e. The van der Waals surface area contributed by atoms with Crippen molar-refractivity contribution < 1.29 is 4.74 Å². The molecular weight excluding hydrogens is 246 g/mol. The number of fused-ring (bicyclic) bond motifs is 1. The normalized spacial score (nSPS) is 19.9. The number of nitrogens with zero attached hydrogens (tertiary/aromatic N) is 1. The van der Waals surface area contributed by atoms with E-state index in [4.69, 9.17) is 4.74 Å². The molecule has 0 radical (unpaired) electrons. The predicted molar refractivity (Wildman–Crippen MR) is 80.7 cm³/mol. The van der Waals surface area contributed by atoms with Gasteiger partial charge >= 0.3 is 0 Å². The second kappa shape index (κ2) is 5.02. The van der Waals surface area contributed by atoms with E-state index in [1.165, 1.54) is 22.3 Å². The van der Waals surface area contributed by atoms with Crippen molar-refractivity contribution >= 4 is 0 Å². The van der Waals surface area contributed by atoms with Crippen LogP contribution in [-0.4, -0.2) is 12.1 Å². The molecule has 0 N–H and O–H groups in total. The van der Waals surface area contributed by atoms with Gasteiger partial charge in [0.25, 0.3) is 0 Å². The molecule has 1 aromatic carbocycles. The Labute approximate surface area is 120 Å². The van der Waals surface area contributed by atoms with E-state index in [9.17, 15) is 0 Å². The lowest BCUT2D eigenvalue weighted by atomic mass is 9.75. The molecule has 0 saturated carbocycles. The summed E-state index contributed by atoms with van der Waals surface area (Å²) in [6.45, 7) is 5.34. The lowest BCUT2D eigenvalue weighted by molar-refractivity contribution is 0.183. The quantitative estimate of drug-likeness (QED) is 0.840. The number of hydrogen-bond acceptors (Lipinski definition) is 2. The minimum atomic E-state index is 0.217. The van der Waals surface area contributed by atoms with Crippen molar-refractivity contribution in [2.24, 2.45) is 5.41 Å². The fourth-order valence-corrected chi connectivity index (χ4v) is 3.56. The van der Waals surface area contributed by atoms with Crippen LogP contribution in [0, 0.1) is 5.41 Å². The van der Waals surface area contributed by atoms with Crippen LogP contribution >= 0.6 is 0 Å². The molecule has 1 unspecified atom stereocenters. The first-order valence-corrected chi connectivity index (χ1v) is 7.13. The number of methoxy groups -OCH3 is 1. The van der Waals surface area contributed by atoms with Crippen LogP contribution in [0.1, 0.15) is 42.0 Å². The Hall–Kier alpha value is -1.67. The maximum absolute atomic E-state index is 5.36. The summed E-state index contributed by atoms with van der Waals surface area (Å²) in [6, 6.07) is 10.9. The minimum absolute atomic E-state index is 0.217. The van der Waals surface area contributed by atoms with Gasteiger partial charge in [-0.05, 0) is 40.2 Å². The van der Waals surface area contributed by atoms with Crippen LogP contribution in [0.3, 0.4) is 0 Å². The van der Waals surface area contributed by atoms with Crippen molar-refractivity contribution in [1.29, 1.82) is 0 Å². The van der Waals surface area contributed by atoms with Crippen LogP contribution in [0.25, 0.3) is 0 Å². The van der Waals surface area contributed by atoms with E-state index in [1.807, 2.05) is 12.4 Å². The van der Waals surface area contributed by atoms with Crippen LogP contribution in [0.2, 0.25) is 0 Å². The first kappa shape index (κ1) is 13.3. The fraction of sp³-hybridized carbons (Fsp3) is 0.389. The third-order valence-corrected chi connectivity index (χ3v) is 4.35. The van der Waals surface area contributed by atoms with Crippen LogP contribution in [0.4, 0.5) is 0 Å². The molecule has 1 atom stereocenters. The van der Waals surface area contributed by atoms with Gasteiger partial charge in [0, 0.05) is 25.4 Å². The number of aromatic nitrogens is 1. The molecule has 3 rings (SSSR count). The second-order valence-electron chi connectivity index (χ2n) is 6.30. The van der Waals surface area contributed by atoms with Gasteiger partial charge in [-0.1, -0.05) is 38.1 Å². The standard InChI is InChI=1S/C18H21NO/c1-18(2)10-13-6-4-5-7-15(13)17(18)16-11-19-9-8-14(16)12-20-3/h4-9,11,17H,10,12H2,1-3H3. The summed E-state index contributed by atoms with van der Waals surface area (Å²) in [4.78, 5) is 4.36. The molecular formula is C18H21NO. The van der Waals surface area contributed by atoms with Crippen molar-refractivity contribution in [2.75, 3.05) is 7.11 Å². The van der Waals surface area contributed by atoms with Gasteiger partial charge in [0.15, 0.2) is 0 Å². The maximum atomic E-state index is 5.36. The SMILES string of the molecule is COCc1ccncc1C1c2ccccc2CC1(C)C. The molecule has 1 aliphatic rings. The van der Waals surface area contributed by atoms with Crippen molar-refractivity contribution in [3.63, 3.8) is 0 Å². The van der Waals surface area contributed by atoms with Crippen molar-refractivity contribution in [2.45, 2.75) is 32.8 Å². The number of benzene rings is 1. The average Bonchev–Trinajstić information content (AvgIpc) is 2.70. The highest BCUT2D eigenvalue weighted by molar-refractivity contribution is 5.46. The van der Waals surface area contributed by atoms with Crippen molar-refractivity contribution in [3.05, 3.63) is 65.0 Å². The first-order valence-electron chi connectivity index (χ1n) is 7.13. The van der Waals surface area contributed by atoms with Crippen molar-refractivity contribution in [1.82, 2.24) is 4.98 Å². The highest BCUT2D eigenvalue weighted by Crippen LogP contribution is 2.50. The Morgan fingerprint density at radius 3 is 2.80 bits per heavy atom. The molecule has 0 amide bonds. The monoisotopic (exact) mass is 267 g/mol. The Bertz CT molecular complexity index is 618. The Morgan fingerprint density at radius 1 is 1.20 bits per heavy atom. The minimum Gasteiger partial charge on any atom is -0.380 e. The molecule has 1 heterocycles. The van der Waals surface area contributed by atoms with Crippen LogP contribution in [0.15, 0.2) is 42.7 Å². The van der Waals surface area contributed by atoms with E-state index in [0.29, 0.717) is 12.5 Å². The van der Waals surface area contributed by atoms with Crippen molar-refractivity contribution in [3.8, 4) is 0 Å². The third kappa shape index (κ3) is 2.14. The molecule has 20 heavy (non-hydrogen) atoms. The topological polar surface area (TPSA) is 22.1 Å². The summed E-state index contributed by atoms with van der Waals surface area (Å²) in [5.41, 5.74) is 5.69. The zero-order valence-electron chi connectivity index (χ0n) is 12.4. The van der Waals surface area contributed by atoms with E-state index < -0.39 is 0 Å². The number of pyridine rings is 1. The van der Waals surface area contributed by atoms with Gasteiger partial charge in [-0.3, -0.25) is 4.98 Å². The zero-order valence-corrected chi connectivity index (χ0v) is 12.4. The van der Waals surface area contributed by atoms with Crippen LogP contribution < -0.4 is 0 Å². The van der Waals surface area contributed by atoms with Crippen LogP contribution in [-0.2, 0) is 17.8 Å². The summed E-state index contributed by atoms with van der Waals surface area (Å²) in [7, 11) is 1.75. The average molecular weight is 267 g/mol. The molecule has 104 valence electrons. The van der Waals surface area contributed by atoms with Gasteiger partial charge in [-0.15, -0.1) is 0 Å². The van der Waals surface area contributed by atoms with Gasteiger partial charge in [0.05, 0.1) is 6.61 Å². The second-order valence-corrected chi connectivity index (χ2v) is 6.30. The molecule has 2 heteroatoms. The molecule has 0 fully saturated rings. The third-order valence-electron chi connectivity index (χ3n) is 4.35. The molecule has 1 aromatic heterocycles. The van der Waals surface area contributed by atoms with E-state index in [1.54, 1.807) is 7.11 Å². The van der Waals surface area contributed by atoms with E-state index in [2.05, 4.69) is 49.2 Å². The molecule has 0 bridgehead atoms. The highest BCUT2D eigenvalue weighted by Gasteiger charge is 2.40. The van der Waals surface area contributed by atoms with Gasteiger partial charge in [-0.2, -0.15) is 0 Å². The zero-order chi connectivity index (χ0) is 14.2. The molecule has 2 nitrogen and oxygen atoms in total. The lowest BCUT2D eigenvalue weighted by Crippen LogP contribution is -2.20. The number of rotatable bonds is 3. The van der Waals surface area contributed by atoms with E-state index in [-0.39, 0.29) is 5.41 Å². The van der Waals surface area contributed by atoms with E-state index >= 15 is 0 Å². The molecule has 0 saturated heterocycles. The summed E-state index contributed by atoms with van der Waals surface area (Å²) in [6.07, 6.45) is 4.99. The predicted octanol–water partition coefficient (Wildman–Crippen LogP) is 3.94. The van der Waals surface area contributed by atoms with Gasteiger partial charge < -0.3 is 4.74 Å². The summed E-state index contributed by atoms with van der Waals surface area (Å²) < 4.78 is 5.36. The first-order chi connectivity index (χ1) is 9.63. The van der Waals surface area contributed by atoms with Gasteiger partial charge in [-0.25, -0.2) is 0 Å². The Morgan fingerprint density at radius 2 is 2.00 bits per heavy atom.